The highest BCUT2D eigenvalue weighted by Gasteiger charge is 2.04. The summed E-state index contributed by atoms with van der Waals surface area (Å²) < 4.78 is 5.54. The standard InChI is InChI=1S/C10H12N2OS/c1-2-14-6-10-12-8-4-3-7(11)5-9(8)13-10/h3-5H,2,6,11H2,1H3. The van der Waals surface area contributed by atoms with Crippen LogP contribution in [0.15, 0.2) is 22.6 Å². The van der Waals surface area contributed by atoms with E-state index >= 15 is 0 Å². The van der Waals surface area contributed by atoms with Crippen LogP contribution in [-0.4, -0.2) is 10.7 Å². The van der Waals surface area contributed by atoms with Crippen LogP contribution < -0.4 is 5.73 Å². The topological polar surface area (TPSA) is 52.0 Å². The quantitative estimate of drug-likeness (QED) is 0.788. The number of oxazole rings is 1. The lowest BCUT2D eigenvalue weighted by atomic mass is 10.3. The molecule has 0 unspecified atom stereocenters. The first-order chi connectivity index (χ1) is 6.79. The largest absolute Gasteiger partial charge is 0.440 e. The average Bonchev–Trinajstić information content (AvgIpc) is 2.56. The summed E-state index contributed by atoms with van der Waals surface area (Å²) >= 11 is 1.79. The SMILES string of the molecule is CCSCc1nc2ccc(N)cc2o1. The molecule has 14 heavy (non-hydrogen) atoms. The van der Waals surface area contributed by atoms with E-state index in [1.54, 1.807) is 11.8 Å². The van der Waals surface area contributed by atoms with Crippen molar-refractivity contribution in [2.24, 2.45) is 0 Å². The summed E-state index contributed by atoms with van der Waals surface area (Å²) in [4.78, 5) is 4.35. The number of nitrogens with two attached hydrogens (primary N) is 1. The first kappa shape index (κ1) is 9.40. The van der Waals surface area contributed by atoms with Gasteiger partial charge < -0.3 is 10.2 Å². The molecule has 3 nitrogen and oxygen atoms in total. The number of hydrogen-bond acceptors (Lipinski definition) is 4. The van der Waals surface area contributed by atoms with Crippen LogP contribution in [0.4, 0.5) is 5.69 Å². The highest BCUT2D eigenvalue weighted by atomic mass is 32.2. The predicted octanol–water partition coefficient (Wildman–Crippen LogP) is 2.66. The highest BCUT2D eigenvalue weighted by molar-refractivity contribution is 7.98. The van der Waals surface area contributed by atoms with Crippen molar-refractivity contribution in [3.8, 4) is 0 Å². The third kappa shape index (κ3) is 1.85. The Kier molecular flexibility index (Phi) is 2.63. The number of benzene rings is 1. The molecule has 0 saturated carbocycles. The van der Waals surface area contributed by atoms with Crippen LogP contribution in [0.1, 0.15) is 12.8 Å². The molecule has 0 aliphatic heterocycles. The van der Waals surface area contributed by atoms with Gasteiger partial charge in [0.2, 0.25) is 5.89 Å². The maximum Gasteiger partial charge on any atom is 0.205 e. The number of nitrogen functional groups attached to an aromatic ring is 1. The number of rotatable bonds is 3. The van der Waals surface area contributed by atoms with Gasteiger partial charge in [-0.3, -0.25) is 0 Å². The second kappa shape index (κ2) is 3.92. The van der Waals surface area contributed by atoms with Gasteiger partial charge in [-0.05, 0) is 17.9 Å². The van der Waals surface area contributed by atoms with Crippen LogP contribution in [0.5, 0.6) is 0 Å². The Morgan fingerprint density at radius 3 is 3.14 bits per heavy atom. The van der Waals surface area contributed by atoms with Crippen LogP contribution >= 0.6 is 11.8 Å². The minimum Gasteiger partial charge on any atom is -0.440 e. The van der Waals surface area contributed by atoms with Crippen molar-refractivity contribution in [2.75, 3.05) is 11.5 Å². The van der Waals surface area contributed by atoms with Crippen molar-refractivity contribution in [2.45, 2.75) is 12.7 Å². The van der Waals surface area contributed by atoms with E-state index in [1.807, 2.05) is 18.2 Å². The van der Waals surface area contributed by atoms with E-state index in [2.05, 4.69) is 11.9 Å². The Labute approximate surface area is 86.7 Å². The maximum atomic E-state index is 5.64. The molecule has 0 saturated heterocycles. The summed E-state index contributed by atoms with van der Waals surface area (Å²) in [6.45, 7) is 2.12. The fourth-order valence-electron chi connectivity index (χ4n) is 1.24. The Morgan fingerprint density at radius 1 is 1.50 bits per heavy atom. The van der Waals surface area contributed by atoms with E-state index in [0.717, 1.165) is 28.5 Å². The zero-order chi connectivity index (χ0) is 9.97. The lowest BCUT2D eigenvalue weighted by molar-refractivity contribution is 0.556. The maximum absolute atomic E-state index is 5.64. The minimum absolute atomic E-state index is 0.711. The number of aromatic nitrogens is 1. The Hall–Kier alpha value is -1.16. The molecule has 1 aromatic heterocycles. The molecule has 0 radical (unpaired) electrons. The molecule has 0 atom stereocenters. The third-order valence-electron chi connectivity index (χ3n) is 1.89. The fraction of sp³-hybridized carbons (Fsp3) is 0.300. The second-order valence-electron chi connectivity index (χ2n) is 2.97. The normalized spacial score (nSPS) is 10.9. The van der Waals surface area contributed by atoms with Crippen molar-refractivity contribution < 1.29 is 4.42 Å². The molecule has 0 bridgehead atoms. The van der Waals surface area contributed by atoms with Crippen molar-refractivity contribution in [3.63, 3.8) is 0 Å². The van der Waals surface area contributed by atoms with Gasteiger partial charge in [-0.1, -0.05) is 6.92 Å². The molecule has 0 amide bonds. The predicted molar refractivity (Wildman–Crippen MR) is 60.3 cm³/mol. The summed E-state index contributed by atoms with van der Waals surface area (Å²) in [5, 5.41) is 0. The zero-order valence-electron chi connectivity index (χ0n) is 7.99. The Morgan fingerprint density at radius 2 is 2.36 bits per heavy atom. The lowest BCUT2D eigenvalue weighted by Crippen LogP contribution is -1.81. The van der Waals surface area contributed by atoms with E-state index in [-0.39, 0.29) is 0 Å². The van der Waals surface area contributed by atoms with E-state index in [9.17, 15) is 0 Å². The molecule has 4 heteroatoms. The number of nitrogens with zero attached hydrogens (tertiary/aromatic N) is 1. The summed E-state index contributed by atoms with van der Waals surface area (Å²) in [5.74, 6) is 2.67. The molecule has 1 heterocycles. The molecule has 0 spiro atoms. The monoisotopic (exact) mass is 208 g/mol. The van der Waals surface area contributed by atoms with Crippen molar-refractivity contribution in [1.29, 1.82) is 0 Å². The Bertz CT molecular complexity index is 439. The number of anilines is 1. The molecule has 1 aromatic carbocycles. The molecular weight excluding hydrogens is 196 g/mol. The number of fused-ring (bicyclic) bond motifs is 1. The van der Waals surface area contributed by atoms with E-state index in [1.165, 1.54) is 0 Å². The van der Waals surface area contributed by atoms with E-state index < -0.39 is 0 Å². The van der Waals surface area contributed by atoms with Gasteiger partial charge in [-0.2, -0.15) is 11.8 Å². The average molecular weight is 208 g/mol. The summed E-state index contributed by atoms with van der Waals surface area (Å²) in [7, 11) is 0. The summed E-state index contributed by atoms with van der Waals surface area (Å²) in [5.41, 5.74) is 8.01. The molecule has 2 rings (SSSR count). The fourth-order valence-corrected chi connectivity index (χ4v) is 1.74. The number of thioether (sulfide) groups is 1. The first-order valence-electron chi connectivity index (χ1n) is 4.52. The zero-order valence-corrected chi connectivity index (χ0v) is 8.80. The van der Waals surface area contributed by atoms with Crippen LogP contribution in [0, 0.1) is 0 Å². The summed E-state index contributed by atoms with van der Waals surface area (Å²) in [6.07, 6.45) is 0. The Balaban J connectivity index is 2.32. The molecule has 0 fully saturated rings. The van der Waals surface area contributed by atoms with Crippen molar-refractivity contribution >= 4 is 28.5 Å². The second-order valence-corrected chi connectivity index (χ2v) is 4.25. The van der Waals surface area contributed by atoms with Crippen molar-refractivity contribution in [1.82, 2.24) is 4.98 Å². The first-order valence-corrected chi connectivity index (χ1v) is 5.67. The summed E-state index contributed by atoms with van der Waals surface area (Å²) in [6, 6.07) is 5.53. The molecule has 74 valence electrons. The molecule has 0 aliphatic rings. The number of hydrogen-bond donors (Lipinski definition) is 1. The molecule has 2 aromatic rings. The minimum atomic E-state index is 0.711. The van der Waals surface area contributed by atoms with Gasteiger partial charge in [0.1, 0.15) is 5.52 Å². The van der Waals surface area contributed by atoms with E-state index in [0.29, 0.717) is 5.69 Å². The molecular formula is C10H12N2OS. The van der Waals surface area contributed by atoms with Crippen LogP contribution in [0.2, 0.25) is 0 Å². The third-order valence-corrected chi connectivity index (χ3v) is 2.75. The van der Waals surface area contributed by atoms with Gasteiger partial charge in [-0.25, -0.2) is 4.98 Å². The van der Waals surface area contributed by atoms with Crippen molar-refractivity contribution in [3.05, 3.63) is 24.1 Å². The lowest BCUT2D eigenvalue weighted by Gasteiger charge is -1.90. The van der Waals surface area contributed by atoms with Crippen LogP contribution in [0.25, 0.3) is 11.1 Å². The van der Waals surface area contributed by atoms with Gasteiger partial charge in [0, 0.05) is 11.8 Å². The van der Waals surface area contributed by atoms with Gasteiger partial charge in [0.25, 0.3) is 0 Å². The van der Waals surface area contributed by atoms with E-state index in [4.69, 9.17) is 10.2 Å². The van der Waals surface area contributed by atoms with Crippen LogP contribution in [-0.2, 0) is 5.75 Å². The van der Waals surface area contributed by atoms with Crippen LogP contribution in [0.3, 0.4) is 0 Å². The smallest absolute Gasteiger partial charge is 0.205 e. The highest BCUT2D eigenvalue weighted by Crippen LogP contribution is 2.20. The molecule has 0 aliphatic carbocycles. The van der Waals surface area contributed by atoms with Gasteiger partial charge in [0.15, 0.2) is 5.58 Å². The molecule has 2 N–H and O–H groups in total. The van der Waals surface area contributed by atoms with Gasteiger partial charge >= 0.3 is 0 Å². The van der Waals surface area contributed by atoms with Gasteiger partial charge in [-0.15, -0.1) is 0 Å². The van der Waals surface area contributed by atoms with Gasteiger partial charge in [0.05, 0.1) is 5.75 Å².